The fraction of sp³-hybridized carbons (Fsp3) is 0.545. The van der Waals surface area contributed by atoms with Gasteiger partial charge in [-0.2, -0.15) is 0 Å². The maximum atomic E-state index is 12.7. The largest absolute Gasteiger partial charge is 0.493 e. The van der Waals surface area contributed by atoms with E-state index < -0.39 is 5.97 Å². The number of methoxy groups -OCH3 is 1. The minimum absolute atomic E-state index is 0.00757. The van der Waals surface area contributed by atoms with Gasteiger partial charge < -0.3 is 19.1 Å². The third-order valence-electron chi connectivity index (χ3n) is 4.85. The molecule has 0 unspecified atom stereocenters. The van der Waals surface area contributed by atoms with Gasteiger partial charge in [0.2, 0.25) is 0 Å². The monoisotopic (exact) mass is 387 g/mol. The zero-order chi connectivity index (χ0) is 20.1. The molecule has 0 spiro atoms. The lowest BCUT2D eigenvalue weighted by molar-refractivity contribution is -0.133. The van der Waals surface area contributed by atoms with Gasteiger partial charge in [-0.05, 0) is 70.6 Å². The third kappa shape index (κ3) is 5.06. The molecule has 0 heterocycles. The Bertz CT molecular complexity index is 751. The number of benzene rings is 1. The van der Waals surface area contributed by atoms with E-state index in [9.17, 15) is 9.59 Å². The van der Waals surface area contributed by atoms with Gasteiger partial charge in [0.1, 0.15) is 0 Å². The second-order valence-electron chi connectivity index (χ2n) is 7.54. The molecular weight excluding hydrogens is 358 g/mol. The summed E-state index contributed by atoms with van der Waals surface area (Å²) >= 11 is 0. The maximum absolute atomic E-state index is 12.7. The Hall–Kier alpha value is -2.50. The number of ether oxygens (including phenoxy) is 3. The van der Waals surface area contributed by atoms with Crippen LogP contribution in [0.4, 0.5) is 0 Å². The van der Waals surface area contributed by atoms with Crippen molar-refractivity contribution in [1.82, 2.24) is 4.90 Å². The molecule has 2 aliphatic rings. The van der Waals surface area contributed by atoms with Gasteiger partial charge in [-0.1, -0.05) is 6.08 Å². The van der Waals surface area contributed by atoms with Crippen LogP contribution in [-0.4, -0.2) is 42.6 Å². The van der Waals surface area contributed by atoms with Crippen LogP contribution < -0.4 is 9.47 Å². The summed E-state index contributed by atoms with van der Waals surface area (Å²) in [7, 11) is 1.52. The Morgan fingerprint density at radius 1 is 1.18 bits per heavy atom. The molecule has 1 fully saturated rings. The Kier molecular flexibility index (Phi) is 6.60. The molecule has 0 atom stereocenters. The fourth-order valence-electron chi connectivity index (χ4n) is 3.40. The van der Waals surface area contributed by atoms with Crippen molar-refractivity contribution in [1.29, 1.82) is 0 Å². The van der Waals surface area contributed by atoms with Crippen LogP contribution in [0.25, 0.3) is 0 Å². The molecule has 0 aromatic heterocycles. The molecule has 28 heavy (non-hydrogen) atoms. The van der Waals surface area contributed by atoms with Crippen LogP contribution in [0, 0.1) is 0 Å². The van der Waals surface area contributed by atoms with Crippen LogP contribution in [0.15, 0.2) is 30.0 Å². The summed E-state index contributed by atoms with van der Waals surface area (Å²) in [6.07, 6.45) is 8.39. The first kappa shape index (κ1) is 20.2. The average molecular weight is 387 g/mol. The summed E-state index contributed by atoms with van der Waals surface area (Å²) < 4.78 is 16.3. The molecule has 0 aliphatic heterocycles. The summed E-state index contributed by atoms with van der Waals surface area (Å²) in [6.45, 7) is 3.58. The number of nitrogens with zero attached hydrogens (tertiary/aromatic N) is 1. The smallest absolute Gasteiger partial charge is 0.338 e. The van der Waals surface area contributed by atoms with Gasteiger partial charge in [0.15, 0.2) is 18.1 Å². The molecule has 3 rings (SSSR count). The van der Waals surface area contributed by atoms with Crippen LogP contribution >= 0.6 is 0 Å². The summed E-state index contributed by atoms with van der Waals surface area (Å²) in [5.41, 5.74) is 1.42. The summed E-state index contributed by atoms with van der Waals surface area (Å²) in [5, 5.41) is 0. The fourth-order valence-corrected chi connectivity index (χ4v) is 3.40. The molecule has 2 aliphatic carbocycles. The lowest BCUT2D eigenvalue weighted by Gasteiger charge is -2.27. The van der Waals surface area contributed by atoms with E-state index >= 15 is 0 Å². The van der Waals surface area contributed by atoms with Gasteiger partial charge in [0, 0.05) is 11.7 Å². The zero-order valence-electron chi connectivity index (χ0n) is 16.9. The second kappa shape index (κ2) is 9.13. The molecule has 0 radical (unpaired) electrons. The van der Waals surface area contributed by atoms with Crippen LogP contribution in [0.2, 0.25) is 0 Å². The number of hydrogen-bond donors (Lipinski definition) is 0. The number of carbonyl (C=O) groups excluding carboxylic acids is 2. The van der Waals surface area contributed by atoms with Crippen molar-refractivity contribution in [3.63, 3.8) is 0 Å². The lowest BCUT2D eigenvalue weighted by Crippen LogP contribution is -2.36. The van der Waals surface area contributed by atoms with Gasteiger partial charge in [-0.25, -0.2) is 4.79 Å². The third-order valence-corrected chi connectivity index (χ3v) is 4.85. The van der Waals surface area contributed by atoms with Gasteiger partial charge in [0.25, 0.3) is 5.91 Å². The summed E-state index contributed by atoms with van der Waals surface area (Å²) in [5.74, 6) is 0.336. The number of rotatable bonds is 8. The van der Waals surface area contributed by atoms with E-state index in [0.717, 1.165) is 37.8 Å². The van der Waals surface area contributed by atoms with E-state index in [1.807, 2.05) is 18.7 Å². The highest BCUT2D eigenvalue weighted by Gasteiger charge is 2.35. The SMILES string of the molecule is COc1cc(C(=O)OCC(=O)N(C2=CCCCC2)C2CC2)ccc1OC(C)C. The molecule has 0 saturated heterocycles. The van der Waals surface area contributed by atoms with Crippen molar-refractivity contribution in [2.75, 3.05) is 13.7 Å². The predicted molar refractivity (Wildman–Crippen MR) is 105 cm³/mol. The van der Waals surface area contributed by atoms with Crippen molar-refractivity contribution in [2.24, 2.45) is 0 Å². The second-order valence-corrected chi connectivity index (χ2v) is 7.54. The first-order chi connectivity index (χ1) is 13.5. The molecule has 0 bridgehead atoms. The first-order valence-electron chi connectivity index (χ1n) is 10.0. The molecule has 152 valence electrons. The van der Waals surface area contributed by atoms with Crippen molar-refractivity contribution in [3.8, 4) is 11.5 Å². The quantitative estimate of drug-likeness (QED) is 0.629. The van der Waals surface area contributed by atoms with Gasteiger partial charge in [-0.15, -0.1) is 0 Å². The minimum Gasteiger partial charge on any atom is -0.493 e. The normalized spacial score (nSPS) is 16.4. The first-order valence-corrected chi connectivity index (χ1v) is 10.0. The van der Waals surface area contributed by atoms with Crippen molar-refractivity contribution in [3.05, 3.63) is 35.5 Å². The molecule has 1 amide bonds. The van der Waals surface area contributed by atoms with Crippen LogP contribution in [0.1, 0.15) is 62.7 Å². The number of hydrogen-bond acceptors (Lipinski definition) is 5. The van der Waals surface area contributed by atoms with Crippen molar-refractivity contribution >= 4 is 11.9 Å². The highest BCUT2D eigenvalue weighted by molar-refractivity contribution is 5.92. The molecule has 6 heteroatoms. The number of esters is 1. The highest BCUT2D eigenvalue weighted by Crippen LogP contribution is 2.34. The van der Waals surface area contributed by atoms with Crippen LogP contribution in [0.5, 0.6) is 11.5 Å². The lowest BCUT2D eigenvalue weighted by atomic mass is 10.0. The molecule has 1 aromatic carbocycles. The van der Waals surface area contributed by atoms with E-state index in [1.54, 1.807) is 18.2 Å². The topological polar surface area (TPSA) is 65.1 Å². The number of amides is 1. The van der Waals surface area contributed by atoms with Gasteiger partial charge in [-0.3, -0.25) is 4.79 Å². The van der Waals surface area contributed by atoms with Crippen molar-refractivity contribution in [2.45, 2.75) is 64.5 Å². The van der Waals surface area contributed by atoms with Crippen LogP contribution in [0.3, 0.4) is 0 Å². The standard InChI is InChI=1S/C22H29NO5/c1-15(2)28-19-12-9-16(13-20(19)26-3)22(25)27-14-21(24)23(18-10-11-18)17-7-5-4-6-8-17/h7,9,12-13,15,18H,4-6,8,10-11,14H2,1-3H3. The summed E-state index contributed by atoms with van der Waals surface area (Å²) in [4.78, 5) is 27.0. The Morgan fingerprint density at radius 2 is 1.96 bits per heavy atom. The molecule has 1 aromatic rings. The predicted octanol–water partition coefficient (Wildman–Crippen LogP) is 4.09. The molecule has 6 nitrogen and oxygen atoms in total. The number of allylic oxidation sites excluding steroid dienone is 2. The van der Waals surface area contributed by atoms with Crippen molar-refractivity contribution < 1.29 is 23.8 Å². The van der Waals surface area contributed by atoms with Gasteiger partial charge in [0.05, 0.1) is 18.8 Å². The van der Waals surface area contributed by atoms with E-state index in [2.05, 4.69) is 6.08 Å². The zero-order valence-corrected chi connectivity index (χ0v) is 16.9. The van der Waals surface area contributed by atoms with E-state index in [4.69, 9.17) is 14.2 Å². The van der Waals surface area contributed by atoms with Crippen LogP contribution in [-0.2, 0) is 9.53 Å². The molecular formula is C22H29NO5. The highest BCUT2D eigenvalue weighted by atomic mass is 16.5. The van der Waals surface area contributed by atoms with E-state index in [1.165, 1.54) is 13.5 Å². The van der Waals surface area contributed by atoms with E-state index in [-0.39, 0.29) is 24.7 Å². The Balaban J connectivity index is 1.62. The van der Waals surface area contributed by atoms with E-state index in [0.29, 0.717) is 17.1 Å². The van der Waals surface area contributed by atoms with Gasteiger partial charge >= 0.3 is 5.97 Å². The molecule has 1 saturated carbocycles. The Labute approximate surface area is 166 Å². The minimum atomic E-state index is -0.545. The maximum Gasteiger partial charge on any atom is 0.338 e. The Morgan fingerprint density at radius 3 is 2.57 bits per heavy atom. The molecule has 0 N–H and O–H groups in total. The number of carbonyl (C=O) groups is 2. The summed E-state index contributed by atoms with van der Waals surface area (Å²) in [6, 6.07) is 5.14. The average Bonchev–Trinajstić information content (AvgIpc) is 3.52.